The summed E-state index contributed by atoms with van der Waals surface area (Å²) in [5.74, 6) is 0. The average Bonchev–Trinajstić information content (AvgIpc) is 2.74. The second-order valence-corrected chi connectivity index (χ2v) is 7.38. The zero-order valence-corrected chi connectivity index (χ0v) is 13.5. The van der Waals surface area contributed by atoms with Crippen molar-refractivity contribution >= 4 is 22.4 Å². The van der Waals surface area contributed by atoms with Gasteiger partial charge in [0.2, 0.25) is 0 Å². The molecule has 0 spiro atoms. The summed E-state index contributed by atoms with van der Waals surface area (Å²) >= 11 is 1.74. The third-order valence-electron chi connectivity index (χ3n) is 2.94. The number of aromatic nitrogens is 2. The zero-order chi connectivity index (χ0) is 14.2. The molecule has 0 amide bonds. The molecule has 2 aromatic heterocycles. The van der Waals surface area contributed by atoms with Gasteiger partial charge in [0, 0.05) is 23.2 Å². The van der Waals surface area contributed by atoms with Crippen LogP contribution in [-0.4, -0.2) is 21.5 Å². The zero-order valence-electron chi connectivity index (χ0n) is 12.7. The molecule has 2 aromatic rings. The first-order valence-electron chi connectivity index (χ1n) is 6.63. The first-order chi connectivity index (χ1) is 8.76. The second kappa shape index (κ2) is 5.10. The van der Waals surface area contributed by atoms with Crippen molar-refractivity contribution in [3.63, 3.8) is 0 Å². The van der Waals surface area contributed by atoms with Gasteiger partial charge in [-0.2, -0.15) is 0 Å². The molecule has 104 valence electrons. The number of hydrogen-bond acceptors (Lipinski definition) is 3. The SMILES string of the molecule is CC(=Cc1c(C)nc2sc(C)cn12)CNC(C)(C)C. The summed E-state index contributed by atoms with van der Waals surface area (Å²) in [7, 11) is 0. The van der Waals surface area contributed by atoms with Crippen molar-refractivity contribution in [2.75, 3.05) is 6.54 Å². The minimum Gasteiger partial charge on any atom is -0.308 e. The van der Waals surface area contributed by atoms with Crippen LogP contribution in [0.4, 0.5) is 0 Å². The highest BCUT2D eigenvalue weighted by molar-refractivity contribution is 7.17. The predicted octanol–water partition coefficient (Wildman–Crippen LogP) is 3.80. The van der Waals surface area contributed by atoms with Gasteiger partial charge in [0.05, 0.1) is 11.4 Å². The highest BCUT2D eigenvalue weighted by atomic mass is 32.1. The van der Waals surface area contributed by atoms with Crippen LogP contribution in [0.1, 0.15) is 44.0 Å². The average molecular weight is 277 g/mol. The van der Waals surface area contributed by atoms with Gasteiger partial charge in [-0.05, 0) is 47.6 Å². The smallest absolute Gasteiger partial charge is 0.194 e. The van der Waals surface area contributed by atoms with E-state index in [9.17, 15) is 0 Å². The molecule has 19 heavy (non-hydrogen) atoms. The number of nitrogens with one attached hydrogen (secondary N) is 1. The predicted molar refractivity (Wildman–Crippen MR) is 83.9 cm³/mol. The summed E-state index contributed by atoms with van der Waals surface area (Å²) in [5.41, 5.74) is 3.77. The normalized spacial score (nSPS) is 13.5. The molecular formula is C15H23N3S. The number of rotatable bonds is 3. The Labute approximate surface area is 119 Å². The van der Waals surface area contributed by atoms with E-state index in [0.29, 0.717) is 0 Å². The molecule has 0 fully saturated rings. The number of fused-ring (bicyclic) bond motifs is 1. The number of hydrogen-bond donors (Lipinski definition) is 1. The van der Waals surface area contributed by atoms with E-state index in [1.54, 1.807) is 11.3 Å². The van der Waals surface area contributed by atoms with Gasteiger partial charge in [-0.15, -0.1) is 11.3 Å². The lowest BCUT2D eigenvalue weighted by atomic mass is 10.1. The largest absolute Gasteiger partial charge is 0.308 e. The van der Waals surface area contributed by atoms with Gasteiger partial charge in [0.25, 0.3) is 0 Å². The standard InChI is InChI=1S/C15H23N3S/c1-10(8-16-15(4,5)6)7-13-12(3)17-14-18(13)9-11(2)19-14/h7,9,16H,8H2,1-6H3. The fourth-order valence-electron chi connectivity index (χ4n) is 1.94. The van der Waals surface area contributed by atoms with Crippen molar-refractivity contribution in [2.24, 2.45) is 0 Å². The summed E-state index contributed by atoms with van der Waals surface area (Å²) in [6.07, 6.45) is 4.40. The van der Waals surface area contributed by atoms with Crippen LogP contribution < -0.4 is 5.32 Å². The molecule has 0 aromatic carbocycles. The van der Waals surface area contributed by atoms with Gasteiger partial charge in [0.15, 0.2) is 4.96 Å². The lowest BCUT2D eigenvalue weighted by Gasteiger charge is -2.20. The fraction of sp³-hybridized carbons (Fsp3) is 0.533. The Morgan fingerprint density at radius 1 is 1.42 bits per heavy atom. The molecule has 0 radical (unpaired) electrons. The van der Waals surface area contributed by atoms with Crippen LogP contribution in [0.15, 0.2) is 11.8 Å². The molecule has 1 N–H and O–H groups in total. The molecule has 3 nitrogen and oxygen atoms in total. The van der Waals surface area contributed by atoms with Crippen molar-refractivity contribution in [3.05, 3.63) is 28.0 Å². The number of imidazole rings is 1. The monoisotopic (exact) mass is 277 g/mol. The molecule has 0 aliphatic heterocycles. The minimum absolute atomic E-state index is 0.149. The van der Waals surface area contributed by atoms with Crippen LogP contribution in [0, 0.1) is 13.8 Å². The Hall–Kier alpha value is -1.13. The fourth-order valence-corrected chi connectivity index (χ4v) is 2.82. The number of nitrogens with zero attached hydrogens (tertiary/aromatic N) is 2. The molecular weight excluding hydrogens is 254 g/mol. The maximum Gasteiger partial charge on any atom is 0.194 e. The first-order valence-corrected chi connectivity index (χ1v) is 7.45. The lowest BCUT2D eigenvalue weighted by Crippen LogP contribution is -2.36. The molecule has 0 bridgehead atoms. The maximum absolute atomic E-state index is 4.61. The first kappa shape index (κ1) is 14.3. The van der Waals surface area contributed by atoms with Crippen molar-refractivity contribution in [3.8, 4) is 0 Å². The second-order valence-electron chi connectivity index (χ2n) is 6.17. The van der Waals surface area contributed by atoms with E-state index in [-0.39, 0.29) is 5.54 Å². The summed E-state index contributed by atoms with van der Waals surface area (Å²) < 4.78 is 2.19. The molecule has 0 unspecified atom stereocenters. The Kier molecular flexibility index (Phi) is 3.83. The number of aryl methyl sites for hydroxylation is 2. The minimum atomic E-state index is 0.149. The third-order valence-corrected chi connectivity index (χ3v) is 3.84. The Balaban J connectivity index is 2.26. The molecule has 2 heterocycles. The van der Waals surface area contributed by atoms with Crippen molar-refractivity contribution in [1.82, 2.24) is 14.7 Å². The van der Waals surface area contributed by atoms with Crippen LogP contribution in [-0.2, 0) is 0 Å². The Bertz CT molecular complexity index is 611. The van der Waals surface area contributed by atoms with E-state index in [4.69, 9.17) is 0 Å². The summed E-state index contributed by atoms with van der Waals surface area (Å²) in [4.78, 5) is 6.99. The molecule has 0 aliphatic rings. The van der Waals surface area contributed by atoms with Gasteiger partial charge < -0.3 is 5.32 Å². The van der Waals surface area contributed by atoms with Crippen LogP contribution in [0.2, 0.25) is 0 Å². The van der Waals surface area contributed by atoms with E-state index in [2.05, 4.69) is 68.5 Å². The molecule has 4 heteroatoms. The maximum atomic E-state index is 4.61. The summed E-state index contributed by atoms with van der Waals surface area (Å²) in [6.45, 7) is 13.8. The lowest BCUT2D eigenvalue weighted by molar-refractivity contribution is 0.445. The van der Waals surface area contributed by atoms with E-state index in [1.807, 2.05) is 0 Å². The quantitative estimate of drug-likeness (QED) is 0.924. The number of thiazole rings is 1. The van der Waals surface area contributed by atoms with Crippen LogP contribution in [0.5, 0.6) is 0 Å². The highest BCUT2D eigenvalue weighted by Crippen LogP contribution is 2.22. The Morgan fingerprint density at radius 3 is 2.74 bits per heavy atom. The van der Waals surface area contributed by atoms with Crippen LogP contribution >= 0.6 is 11.3 Å². The van der Waals surface area contributed by atoms with Crippen molar-refractivity contribution in [2.45, 2.75) is 47.1 Å². The van der Waals surface area contributed by atoms with E-state index in [1.165, 1.54) is 16.1 Å². The molecule has 0 atom stereocenters. The van der Waals surface area contributed by atoms with Gasteiger partial charge in [0.1, 0.15) is 0 Å². The van der Waals surface area contributed by atoms with Crippen LogP contribution in [0.25, 0.3) is 11.0 Å². The molecule has 2 rings (SSSR count). The van der Waals surface area contributed by atoms with E-state index in [0.717, 1.165) is 17.2 Å². The topological polar surface area (TPSA) is 29.3 Å². The van der Waals surface area contributed by atoms with Gasteiger partial charge >= 0.3 is 0 Å². The van der Waals surface area contributed by atoms with Gasteiger partial charge in [-0.25, -0.2) is 4.98 Å². The van der Waals surface area contributed by atoms with Crippen molar-refractivity contribution < 1.29 is 0 Å². The molecule has 0 saturated carbocycles. The van der Waals surface area contributed by atoms with Gasteiger partial charge in [-0.3, -0.25) is 4.40 Å². The van der Waals surface area contributed by atoms with Crippen LogP contribution in [0.3, 0.4) is 0 Å². The van der Waals surface area contributed by atoms with E-state index < -0.39 is 0 Å². The Morgan fingerprint density at radius 2 is 2.11 bits per heavy atom. The summed E-state index contributed by atoms with van der Waals surface area (Å²) in [6, 6.07) is 0. The van der Waals surface area contributed by atoms with E-state index >= 15 is 0 Å². The highest BCUT2D eigenvalue weighted by Gasteiger charge is 2.11. The summed E-state index contributed by atoms with van der Waals surface area (Å²) in [5, 5.41) is 3.51. The van der Waals surface area contributed by atoms with Crippen molar-refractivity contribution in [1.29, 1.82) is 0 Å². The molecule has 0 aliphatic carbocycles. The third kappa shape index (κ3) is 3.45. The molecule has 0 saturated heterocycles. The van der Waals surface area contributed by atoms with Gasteiger partial charge in [-0.1, -0.05) is 5.57 Å².